The summed E-state index contributed by atoms with van der Waals surface area (Å²) >= 11 is 0. The van der Waals surface area contributed by atoms with Crippen LogP contribution in [0.15, 0.2) is 273 Å². The van der Waals surface area contributed by atoms with Crippen molar-refractivity contribution in [1.29, 1.82) is 0 Å². The summed E-state index contributed by atoms with van der Waals surface area (Å²) in [4.78, 5) is 10.0. The number of para-hydroxylation sites is 2. The predicted octanol–water partition coefficient (Wildman–Crippen LogP) is 14.9. The maximum Gasteiger partial charge on any atom is 0.179 e. The first kappa shape index (κ1) is 42.2. The molecule has 0 bridgehead atoms. The van der Waals surface area contributed by atoms with Crippen LogP contribution in [-0.2, 0) is 0 Å². The Labute approximate surface area is 431 Å². The Bertz CT molecular complexity index is 4280. The molecular formula is C70H45N3Si. The van der Waals surface area contributed by atoms with Crippen LogP contribution in [0.5, 0.6) is 0 Å². The number of pyridine rings is 2. The first-order chi connectivity index (χ1) is 36.7. The van der Waals surface area contributed by atoms with Gasteiger partial charge >= 0.3 is 0 Å². The van der Waals surface area contributed by atoms with Crippen molar-refractivity contribution in [3.05, 3.63) is 273 Å². The first-order valence-electron chi connectivity index (χ1n) is 25.5. The molecular weight excluding hydrogens is 911 g/mol. The van der Waals surface area contributed by atoms with Crippen LogP contribution in [-0.4, -0.2) is 22.6 Å². The van der Waals surface area contributed by atoms with Crippen LogP contribution in [0.1, 0.15) is 0 Å². The molecule has 2 aliphatic rings. The van der Waals surface area contributed by atoms with Gasteiger partial charge in [-0.1, -0.05) is 224 Å². The van der Waals surface area contributed by atoms with Crippen molar-refractivity contribution < 1.29 is 0 Å². The first-order valence-corrected chi connectivity index (χ1v) is 27.5. The van der Waals surface area contributed by atoms with Crippen molar-refractivity contribution >= 4 is 50.6 Å². The molecule has 0 atom stereocenters. The maximum atomic E-state index is 5.04. The molecule has 0 fully saturated rings. The lowest BCUT2D eigenvalue weighted by molar-refractivity contribution is 1.18. The van der Waals surface area contributed by atoms with E-state index in [9.17, 15) is 0 Å². The maximum absolute atomic E-state index is 5.04. The molecule has 13 aromatic rings. The highest BCUT2D eigenvalue weighted by Crippen LogP contribution is 2.49. The Kier molecular flexibility index (Phi) is 9.59. The number of hydrogen-bond acceptors (Lipinski definition) is 2. The summed E-state index contributed by atoms with van der Waals surface area (Å²) in [6.07, 6.45) is 3.77. The number of hydrogen-bond donors (Lipinski definition) is 0. The van der Waals surface area contributed by atoms with Crippen LogP contribution in [0.2, 0.25) is 0 Å². The monoisotopic (exact) mass is 955 g/mol. The van der Waals surface area contributed by atoms with E-state index in [2.05, 4.69) is 259 Å². The molecule has 2 aliphatic carbocycles. The molecule has 0 saturated carbocycles. The molecule has 0 unspecified atom stereocenters. The number of fused-ring (bicyclic) bond motifs is 19. The van der Waals surface area contributed by atoms with Gasteiger partial charge in [-0.25, -0.2) is 0 Å². The van der Waals surface area contributed by atoms with Gasteiger partial charge in [-0.15, -0.1) is 0 Å². The van der Waals surface area contributed by atoms with Crippen molar-refractivity contribution in [3.8, 4) is 95.0 Å². The Balaban J connectivity index is 1.02. The van der Waals surface area contributed by atoms with Gasteiger partial charge in [0.2, 0.25) is 0 Å². The van der Waals surface area contributed by atoms with E-state index >= 15 is 0 Å². The van der Waals surface area contributed by atoms with Gasteiger partial charge in [0, 0.05) is 40.0 Å². The van der Waals surface area contributed by atoms with E-state index < -0.39 is 8.07 Å². The molecule has 0 aliphatic heterocycles. The Morgan fingerprint density at radius 3 is 1.05 bits per heavy atom. The molecule has 3 nitrogen and oxygen atoms in total. The van der Waals surface area contributed by atoms with Crippen molar-refractivity contribution in [3.63, 3.8) is 0 Å². The summed E-state index contributed by atoms with van der Waals surface area (Å²) in [6, 6.07) is 97.6. The fraction of sp³-hybridized carbons (Fsp3) is 0. The van der Waals surface area contributed by atoms with Crippen LogP contribution >= 0.6 is 0 Å². The lowest BCUT2D eigenvalue weighted by atomic mass is 9.81. The van der Waals surface area contributed by atoms with Crippen molar-refractivity contribution in [1.82, 2.24) is 14.5 Å². The van der Waals surface area contributed by atoms with Crippen molar-refractivity contribution in [2.75, 3.05) is 0 Å². The van der Waals surface area contributed by atoms with Gasteiger partial charge in [-0.05, 0) is 124 Å². The number of aromatic nitrogens is 3. The van der Waals surface area contributed by atoms with Gasteiger partial charge < -0.3 is 4.57 Å². The van der Waals surface area contributed by atoms with Gasteiger partial charge in [0.1, 0.15) is 0 Å². The smallest absolute Gasteiger partial charge is 0.179 e. The summed E-state index contributed by atoms with van der Waals surface area (Å²) in [5.74, 6) is 0. The second-order valence-electron chi connectivity index (χ2n) is 19.5. The van der Waals surface area contributed by atoms with Crippen LogP contribution in [0.25, 0.3) is 117 Å². The number of rotatable bonds is 5. The zero-order valence-corrected chi connectivity index (χ0v) is 41.3. The standard InChI is InChI=1S/C70H45N3Si/c1-3-19-47(20-4-1)74(48-21-5-2-6-22-48,50-37-40-59-63-32-18-42-72-70(63)69-62(31-17-41-71-69)53-25-9-12-28-56(53)66(59)45-50)49-36-39-58-57-38-35-46(73-67-33-15-13-29-60(67)61-30-14-16-34-68(61)73)43-64(57)54-26-10-7-23-51(54)52-24-8-11-27-55(52)65(58)44-49/h1-45H. The lowest BCUT2D eigenvalue weighted by Gasteiger charge is -2.36. The van der Waals surface area contributed by atoms with Gasteiger partial charge in [-0.3, -0.25) is 9.97 Å². The van der Waals surface area contributed by atoms with Crippen LogP contribution < -0.4 is 20.7 Å². The predicted molar refractivity (Wildman–Crippen MR) is 311 cm³/mol. The topological polar surface area (TPSA) is 30.7 Å². The third-order valence-corrected chi connectivity index (χ3v) is 20.6. The van der Waals surface area contributed by atoms with Gasteiger partial charge in [0.25, 0.3) is 0 Å². The van der Waals surface area contributed by atoms with E-state index in [0.29, 0.717) is 0 Å². The molecule has 74 heavy (non-hydrogen) atoms. The molecule has 0 N–H and O–H groups in total. The molecule has 3 heterocycles. The average molecular weight is 956 g/mol. The summed E-state index contributed by atoms with van der Waals surface area (Å²) in [5, 5.41) is 7.78. The second kappa shape index (κ2) is 16.8. The minimum absolute atomic E-state index is 0.894. The summed E-state index contributed by atoms with van der Waals surface area (Å²) in [7, 11) is -3.17. The SMILES string of the molecule is c1ccc([Si](c2ccccc2)(c2ccc3c(c2)-c2ccccc2-c2ccccc2-c2cc(-n4c5ccccc5c5ccccc54)ccc2-3)c2ccc3c(c2)-c2ccccc2-c2cccnc2-c2ncccc2-3)cc1. The lowest BCUT2D eigenvalue weighted by Crippen LogP contribution is -2.74. The third-order valence-electron chi connectivity index (χ3n) is 15.8. The molecule has 0 radical (unpaired) electrons. The third kappa shape index (κ3) is 6.25. The van der Waals surface area contributed by atoms with Gasteiger partial charge in [-0.2, -0.15) is 0 Å². The highest BCUT2D eigenvalue weighted by Gasteiger charge is 2.43. The van der Waals surface area contributed by atoms with Gasteiger partial charge in [0.15, 0.2) is 8.07 Å². The fourth-order valence-corrected chi connectivity index (χ4v) is 17.4. The van der Waals surface area contributed by atoms with E-state index in [-0.39, 0.29) is 0 Å². The minimum atomic E-state index is -3.17. The second-order valence-corrected chi connectivity index (χ2v) is 23.3. The molecule has 4 heteroatoms. The highest BCUT2D eigenvalue weighted by molar-refractivity contribution is 7.20. The van der Waals surface area contributed by atoms with E-state index in [4.69, 9.17) is 9.97 Å². The van der Waals surface area contributed by atoms with Crippen LogP contribution in [0, 0.1) is 0 Å². The quantitative estimate of drug-likeness (QED) is 0.127. The van der Waals surface area contributed by atoms with Crippen LogP contribution in [0.4, 0.5) is 0 Å². The van der Waals surface area contributed by atoms with E-state index in [1.54, 1.807) is 0 Å². The zero-order chi connectivity index (χ0) is 48.7. The van der Waals surface area contributed by atoms with E-state index in [1.807, 2.05) is 18.5 Å². The van der Waals surface area contributed by atoms with Gasteiger partial charge in [0.05, 0.1) is 22.4 Å². The molecule has 0 saturated heterocycles. The molecule has 344 valence electrons. The molecule has 15 rings (SSSR count). The number of nitrogens with zero attached hydrogens (tertiary/aromatic N) is 3. The summed E-state index contributed by atoms with van der Waals surface area (Å²) in [5.41, 5.74) is 21.9. The Morgan fingerprint density at radius 1 is 0.243 bits per heavy atom. The normalized spacial score (nSPS) is 12.1. The largest absolute Gasteiger partial charge is 0.309 e. The average Bonchev–Trinajstić information content (AvgIpc) is 3.81. The zero-order valence-electron chi connectivity index (χ0n) is 40.3. The molecule has 3 aromatic heterocycles. The Hall–Kier alpha value is -9.48. The van der Waals surface area contributed by atoms with E-state index in [1.165, 1.54) is 98.2 Å². The highest BCUT2D eigenvalue weighted by atomic mass is 28.3. The van der Waals surface area contributed by atoms with E-state index in [0.717, 1.165) is 39.3 Å². The number of benzene rings is 10. The van der Waals surface area contributed by atoms with Crippen molar-refractivity contribution in [2.24, 2.45) is 0 Å². The molecule has 10 aromatic carbocycles. The Morgan fingerprint density at radius 2 is 0.581 bits per heavy atom. The fourth-order valence-electron chi connectivity index (χ4n) is 12.7. The minimum Gasteiger partial charge on any atom is -0.309 e. The van der Waals surface area contributed by atoms with Crippen LogP contribution in [0.3, 0.4) is 0 Å². The molecule has 0 amide bonds. The summed E-state index contributed by atoms with van der Waals surface area (Å²) < 4.78 is 2.44. The summed E-state index contributed by atoms with van der Waals surface area (Å²) in [6.45, 7) is 0. The van der Waals surface area contributed by atoms with Crippen molar-refractivity contribution in [2.45, 2.75) is 0 Å². The molecule has 0 spiro atoms.